The minimum atomic E-state index is -0.226. The molecule has 7 heteroatoms. The number of aryl methyl sites for hydroxylation is 1. The van der Waals surface area contributed by atoms with Crippen LogP contribution in [0.25, 0.3) is 0 Å². The SMILES string of the molecule is COc1ccc(CN2C[C@H]3CC[C@@H](C2)C3NC(=O)CCc2cnccn2)c(F)c1. The summed E-state index contributed by atoms with van der Waals surface area (Å²) < 4.78 is 19.4. The molecule has 1 amide bonds. The summed E-state index contributed by atoms with van der Waals surface area (Å²) >= 11 is 0. The van der Waals surface area contributed by atoms with Crippen LogP contribution in [0.2, 0.25) is 0 Å². The zero-order chi connectivity index (χ0) is 20.2. The van der Waals surface area contributed by atoms with Crippen molar-refractivity contribution in [1.82, 2.24) is 20.2 Å². The van der Waals surface area contributed by atoms with E-state index < -0.39 is 0 Å². The molecular weight excluding hydrogens is 371 g/mol. The highest BCUT2D eigenvalue weighted by Crippen LogP contribution is 2.37. The van der Waals surface area contributed by atoms with Gasteiger partial charge in [0.15, 0.2) is 0 Å². The van der Waals surface area contributed by atoms with Crippen molar-refractivity contribution in [1.29, 1.82) is 0 Å². The number of rotatable bonds is 7. The number of benzene rings is 1. The monoisotopic (exact) mass is 398 g/mol. The zero-order valence-electron chi connectivity index (χ0n) is 16.7. The maximum Gasteiger partial charge on any atom is 0.220 e. The number of ether oxygens (including phenoxy) is 1. The number of aromatic nitrogens is 2. The summed E-state index contributed by atoms with van der Waals surface area (Å²) in [4.78, 5) is 23.0. The van der Waals surface area contributed by atoms with Gasteiger partial charge in [-0.3, -0.25) is 19.7 Å². The third kappa shape index (κ3) is 4.72. The number of hydrogen-bond acceptors (Lipinski definition) is 5. The van der Waals surface area contributed by atoms with Crippen LogP contribution in [0.1, 0.15) is 30.5 Å². The molecule has 1 aliphatic heterocycles. The van der Waals surface area contributed by atoms with Crippen LogP contribution < -0.4 is 10.1 Å². The summed E-state index contributed by atoms with van der Waals surface area (Å²) in [6, 6.07) is 5.27. The Morgan fingerprint density at radius 1 is 1.28 bits per heavy atom. The molecule has 1 aliphatic carbocycles. The number of carbonyl (C=O) groups is 1. The number of amides is 1. The van der Waals surface area contributed by atoms with Gasteiger partial charge in [-0.2, -0.15) is 0 Å². The van der Waals surface area contributed by atoms with Crippen LogP contribution in [0.15, 0.2) is 36.8 Å². The van der Waals surface area contributed by atoms with Gasteiger partial charge in [-0.25, -0.2) is 4.39 Å². The van der Waals surface area contributed by atoms with Crippen molar-refractivity contribution in [2.24, 2.45) is 11.8 Å². The van der Waals surface area contributed by atoms with Gasteiger partial charge in [-0.1, -0.05) is 6.07 Å². The predicted octanol–water partition coefficient (Wildman–Crippen LogP) is 2.58. The lowest BCUT2D eigenvalue weighted by molar-refractivity contribution is -0.122. The molecular formula is C22H27FN4O2. The molecule has 0 radical (unpaired) electrons. The molecule has 2 aliphatic rings. The Hall–Kier alpha value is -2.54. The van der Waals surface area contributed by atoms with E-state index in [2.05, 4.69) is 20.2 Å². The first-order valence-electron chi connectivity index (χ1n) is 10.2. The average Bonchev–Trinajstić information content (AvgIpc) is 2.96. The number of likely N-dealkylation sites (tertiary alicyclic amines) is 1. The van der Waals surface area contributed by atoms with Crippen molar-refractivity contribution in [2.45, 2.75) is 38.3 Å². The summed E-state index contributed by atoms with van der Waals surface area (Å²) in [6.07, 6.45) is 8.23. The molecule has 1 aromatic carbocycles. The van der Waals surface area contributed by atoms with Gasteiger partial charge >= 0.3 is 0 Å². The van der Waals surface area contributed by atoms with E-state index in [-0.39, 0.29) is 17.8 Å². The van der Waals surface area contributed by atoms with Crippen LogP contribution in [-0.2, 0) is 17.8 Å². The highest BCUT2D eigenvalue weighted by atomic mass is 19.1. The van der Waals surface area contributed by atoms with Gasteiger partial charge < -0.3 is 10.1 Å². The van der Waals surface area contributed by atoms with Gasteiger partial charge in [0, 0.05) is 62.3 Å². The Bertz CT molecular complexity index is 834. The molecule has 1 saturated heterocycles. The first kappa shape index (κ1) is 19.8. The third-order valence-corrected chi connectivity index (χ3v) is 6.12. The number of halogens is 1. The molecule has 3 atom stereocenters. The molecule has 2 fully saturated rings. The fraction of sp³-hybridized carbons (Fsp3) is 0.500. The number of methoxy groups -OCH3 is 1. The number of carbonyl (C=O) groups excluding carboxylic acids is 1. The Morgan fingerprint density at radius 3 is 2.72 bits per heavy atom. The summed E-state index contributed by atoms with van der Waals surface area (Å²) in [5, 5.41) is 3.26. The Labute approximate surface area is 170 Å². The van der Waals surface area contributed by atoms with Crippen LogP contribution in [-0.4, -0.2) is 47.0 Å². The third-order valence-electron chi connectivity index (χ3n) is 6.12. The van der Waals surface area contributed by atoms with E-state index in [0.717, 1.165) is 31.6 Å². The molecule has 2 bridgehead atoms. The van der Waals surface area contributed by atoms with Crippen LogP contribution in [0.3, 0.4) is 0 Å². The molecule has 0 spiro atoms. The second-order valence-electron chi connectivity index (χ2n) is 8.04. The standard InChI is InChI=1S/C22H27FN4O2/c1-29-19-6-4-15(20(23)10-19)12-27-13-16-2-3-17(14-27)22(16)26-21(28)7-5-18-11-24-8-9-25-18/h4,6,8-11,16-17,22H,2-3,5,7,12-14H2,1H3,(H,26,28)/t16-,17+,22?. The molecule has 6 nitrogen and oxygen atoms in total. The van der Waals surface area contributed by atoms with Gasteiger partial charge in [0.1, 0.15) is 11.6 Å². The summed E-state index contributed by atoms with van der Waals surface area (Å²) in [5.41, 5.74) is 1.53. The largest absolute Gasteiger partial charge is 0.497 e. The van der Waals surface area contributed by atoms with E-state index >= 15 is 0 Å². The van der Waals surface area contributed by atoms with Crippen molar-refractivity contribution >= 4 is 5.91 Å². The lowest BCUT2D eigenvalue weighted by Crippen LogP contribution is -2.52. The van der Waals surface area contributed by atoms with Gasteiger partial charge in [0.2, 0.25) is 5.91 Å². The van der Waals surface area contributed by atoms with Crippen LogP contribution >= 0.6 is 0 Å². The molecule has 2 heterocycles. The lowest BCUT2D eigenvalue weighted by Gasteiger charge is -2.38. The Kier molecular flexibility index (Phi) is 6.04. The fourth-order valence-corrected chi connectivity index (χ4v) is 4.67. The number of nitrogens with zero attached hydrogens (tertiary/aromatic N) is 3. The van der Waals surface area contributed by atoms with E-state index in [1.165, 1.54) is 6.07 Å². The number of fused-ring (bicyclic) bond motifs is 2. The van der Waals surface area contributed by atoms with E-state index in [9.17, 15) is 9.18 Å². The Balaban J connectivity index is 1.30. The minimum Gasteiger partial charge on any atom is -0.497 e. The average molecular weight is 398 g/mol. The smallest absolute Gasteiger partial charge is 0.220 e. The molecule has 154 valence electrons. The van der Waals surface area contributed by atoms with E-state index in [4.69, 9.17) is 4.74 Å². The molecule has 1 aromatic heterocycles. The van der Waals surface area contributed by atoms with Crippen molar-refractivity contribution < 1.29 is 13.9 Å². The highest BCUT2D eigenvalue weighted by molar-refractivity contribution is 5.76. The Morgan fingerprint density at radius 2 is 2.07 bits per heavy atom. The van der Waals surface area contributed by atoms with Gasteiger partial charge in [0.05, 0.1) is 12.8 Å². The molecule has 2 aromatic rings. The first-order valence-corrected chi connectivity index (χ1v) is 10.2. The van der Waals surface area contributed by atoms with Crippen molar-refractivity contribution in [3.05, 3.63) is 53.9 Å². The maximum absolute atomic E-state index is 14.3. The van der Waals surface area contributed by atoms with Gasteiger partial charge in [0.25, 0.3) is 0 Å². The molecule has 1 N–H and O–H groups in total. The number of piperidine rings is 1. The summed E-state index contributed by atoms with van der Waals surface area (Å²) in [5.74, 6) is 1.24. The number of nitrogens with one attached hydrogen (secondary N) is 1. The first-order chi connectivity index (χ1) is 14.1. The van der Waals surface area contributed by atoms with E-state index in [1.807, 2.05) is 0 Å². The topological polar surface area (TPSA) is 67.3 Å². The quantitative estimate of drug-likeness (QED) is 0.777. The zero-order valence-corrected chi connectivity index (χ0v) is 16.7. The van der Waals surface area contributed by atoms with Crippen molar-refractivity contribution in [3.8, 4) is 5.75 Å². The lowest BCUT2D eigenvalue weighted by atomic mass is 9.91. The van der Waals surface area contributed by atoms with Gasteiger partial charge in [-0.05, 0) is 37.2 Å². The molecule has 1 saturated carbocycles. The molecule has 4 rings (SSSR count). The normalized spacial score (nSPS) is 23.7. The van der Waals surface area contributed by atoms with Crippen LogP contribution in [0.5, 0.6) is 5.75 Å². The van der Waals surface area contributed by atoms with Crippen LogP contribution in [0, 0.1) is 17.7 Å². The van der Waals surface area contributed by atoms with Crippen LogP contribution in [0.4, 0.5) is 4.39 Å². The minimum absolute atomic E-state index is 0.0761. The van der Waals surface area contributed by atoms with E-state index in [1.54, 1.807) is 37.8 Å². The van der Waals surface area contributed by atoms with Crippen molar-refractivity contribution in [3.63, 3.8) is 0 Å². The van der Waals surface area contributed by atoms with E-state index in [0.29, 0.717) is 42.5 Å². The summed E-state index contributed by atoms with van der Waals surface area (Å²) in [6.45, 7) is 2.37. The molecule has 1 unspecified atom stereocenters. The highest BCUT2D eigenvalue weighted by Gasteiger charge is 2.42. The second-order valence-corrected chi connectivity index (χ2v) is 8.04. The second kappa shape index (κ2) is 8.86. The maximum atomic E-state index is 14.3. The number of hydrogen-bond donors (Lipinski definition) is 1. The fourth-order valence-electron chi connectivity index (χ4n) is 4.67. The van der Waals surface area contributed by atoms with Gasteiger partial charge in [-0.15, -0.1) is 0 Å². The summed E-state index contributed by atoms with van der Waals surface area (Å²) in [7, 11) is 1.54. The molecule has 29 heavy (non-hydrogen) atoms. The van der Waals surface area contributed by atoms with Crippen molar-refractivity contribution in [2.75, 3.05) is 20.2 Å². The predicted molar refractivity (Wildman–Crippen MR) is 107 cm³/mol.